The minimum absolute atomic E-state index is 0. The molecule has 0 aromatic heterocycles. The molecule has 29 heavy (non-hydrogen) atoms. The number of para-hydroxylation sites is 1. The number of rotatable bonds is 5. The van der Waals surface area contributed by atoms with Gasteiger partial charge >= 0.3 is 5.97 Å². The summed E-state index contributed by atoms with van der Waals surface area (Å²) >= 11 is 0. The van der Waals surface area contributed by atoms with Gasteiger partial charge in [0.25, 0.3) is 0 Å². The highest BCUT2D eigenvalue weighted by atomic mass is 127. The number of hydrogen-bond acceptors (Lipinski definition) is 4. The summed E-state index contributed by atoms with van der Waals surface area (Å²) in [5, 5.41) is 9.45. The molecule has 1 aliphatic rings. The molecular formula is C21H25IN4O3. The van der Waals surface area contributed by atoms with Crippen molar-refractivity contribution in [1.82, 2.24) is 10.6 Å². The number of aliphatic imine (C=N–C) groups is 1. The maximum absolute atomic E-state index is 11.9. The second kappa shape index (κ2) is 10.8. The van der Waals surface area contributed by atoms with Crippen molar-refractivity contribution in [3.63, 3.8) is 0 Å². The Bertz CT molecular complexity index is 884. The van der Waals surface area contributed by atoms with E-state index in [9.17, 15) is 9.59 Å². The molecule has 1 heterocycles. The van der Waals surface area contributed by atoms with E-state index in [-0.39, 0.29) is 41.8 Å². The van der Waals surface area contributed by atoms with E-state index in [4.69, 9.17) is 4.74 Å². The van der Waals surface area contributed by atoms with E-state index in [0.29, 0.717) is 31.0 Å². The number of carbonyl (C=O) groups is 2. The molecule has 3 rings (SSSR count). The van der Waals surface area contributed by atoms with Gasteiger partial charge in [-0.25, -0.2) is 4.79 Å². The second-order valence-corrected chi connectivity index (χ2v) is 6.53. The minimum Gasteiger partial charge on any atom is -0.465 e. The maximum atomic E-state index is 11.9. The van der Waals surface area contributed by atoms with Crippen LogP contribution in [0.1, 0.15) is 33.8 Å². The number of carbonyl (C=O) groups excluding carboxylic acids is 2. The molecular weight excluding hydrogens is 483 g/mol. The van der Waals surface area contributed by atoms with Crippen LogP contribution >= 0.6 is 24.0 Å². The summed E-state index contributed by atoms with van der Waals surface area (Å²) in [5.41, 5.74) is 3.53. The van der Waals surface area contributed by atoms with Gasteiger partial charge in [0.05, 0.1) is 12.7 Å². The van der Waals surface area contributed by atoms with Crippen molar-refractivity contribution in [1.29, 1.82) is 0 Å². The first-order valence-corrected chi connectivity index (χ1v) is 9.11. The first-order valence-electron chi connectivity index (χ1n) is 9.11. The largest absolute Gasteiger partial charge is 0.465 e. The number of benzene rings is 2. The van der Waals surface area contributed by atoms with E-state index in [2.05, 4.69) is 20.9 Å². The van der Waals surface area contributed by atoms with Crippen molar-refractivity contribution in [2.24, 2.45) is 4.99 Å². The summed E-state index contributed by atoms with van der Waals surface area (Å²) in [6, 6.07) is 15.1. The van der Waals surface area contributed by atoms with Crippen molar-refractivity contribution in [2.45, 2.75) is 18.9 Å². The topological polar surface area (TPSA) is 91.8 Å². The standard InChI is InChI=1S/C21H24N4O3.HI/c1-22-21(23-12-14-7-9-15(10-8-14)20(27)28-2)24-13-16-11-19(26)25-18-6-4-3-5-17(16)18;/h3-10,16H,11-13H2,1-2H3,(H,25,26)(H2,22,23,24);1H. The molecule has 2 aromatic rings. The first-order chi connectivity index (χ1) is 13.6. The number of halogens is 1. The van der Waals surface area contributed by atoms with E-state index < -0.39 is 0 Å². The number of amides is 1. The van der Waals surface area contributed by atoms with Crippen LogP contribution in [0.5, 0.6) is 0 Å². The molecule has 1 unspecified atom stereocenters. The molecule has 1 atom stereocenters. The highest BCUT2D eigenvalue weighted by Crippen LogP contribution is 2.31. The highest BCUT2D eigenvalue weighted by Gasteiger charge is 2.24. The molecule has 0 bridgehead atoms. The van der Waals surface area contributed by atoms with Gasteiger partial charge in [0.1, 0.15) is 0 Å². The molecule has 0 spiro atoms. The number of nitrogens with one attached hydrogen (secondary N) is 3. The number of fused-ring (bicyclic) bond motifs is 1. The van der Waals surface area contributed by atoms with Crippen molar-refractivity contribution >= 4 is 47.5 Å². The summed E-state index contributed by atoms with van der Waals surface area (Å²) in [7, 11) is 3.07. The monoisotopic (exact) mass is 508 g/mol. The molecule has 2 aromatic carbocycles. The maximum Gasteiger partial charge on any atom is 0.337 e. The van der Waals surface area contributed by atoms with E-state index in [0.717, 1.165) is 16.8 Å². The van der Waals surface area contributed by atoms with Gasteiger partial charge in [0, 0.05) is 38.2 Å². The highest BCUT2D eigenvalue weighted by molar-refractivity contribution is 14.0. The van der Waals surface area contributed by atoms with Crippen LogP contribution in [0.3, 0.4) is 0 Å². The van der Waals surface area contributed by atoms with E-state index in [1.54, 1.807) is 19.2 Å². The molecule has 1 amide bonds. The quantitative estimate of drug-likeness (QED) is 0.250. The van der Waals surface area contributed by atoms with Crippen LogP contribution in [0.2, 0.25) is 0 Å². The predicted molar refractivity (Wildman–Crippen MR) is 124 cm³/mol. The summed E-state index contributed by atoms with van der Waals surface area (Å²) in [4.78, 5) is 27.7. The van der Waals surface area contributed by atoms with Gasteiger partial charge in [-0.15, -0.1) is 24.0 Å². The number of nitrogens with zero attached hydrogens (tertiary/aromatic N) is 1. The van der Waals surface area contributed by atoms with Crippen LogP contribution in [0, 0.1) is 0 Å². The zero-order valence-corrected chi connectivity index (χ0v) is 18.7. The predicted octanol–water partition coefficient (Wildman–Crippen LogP) is 2.88. The molecule has 0 aliphatic carbocycles. The lowest BCUT2D eigenvalue weighted by Crippen LogP contribution is -2.40. The van der Waals surface area contributed by atoms with Gasteiger partial charge in [-0.3, -0.25) is 9.79 Å². The Morgan fingerprint density at radius 3 is 2.59 bits per heavy atom. The van der Waals surface area contributed by atoms with Crippen LogP contribution in [0.4, 0.5) is 5.69 Å². The Hall–Kier alpha value is -2.62. The zero-order valence-electron chi connectivity index (χ0n) is 16.4. The molecule has 3 N–H and O–H groups in total. The van der Waals surface area contributed by atoms with E-state index >= 15 is 0 Å². The van der Waals surface area contributed by atoms with E-state index in [1.807, 2.05) is 36.4 Å². The summed E-state index contributed by atoms with van der Waals surface area (Å²) in [6.07, 6.45) is 0.440. The Morgan fingerprint density at radius 1 is 1.17 bits per heavy atom. The average Bonchev–Trinajstić information content (AvgIpc) is 2.73. The summed E-state index contributed by atoms with van der Waals surface area (Å²) in [5.74, 6) is 0.413. The first kappa shape index (κ1) is 22.7. The Balaban J connectivity index is 0.00000300. The van der Waals surface area contributed by atoms with Crippen LogP contribution in [-0.2, 0) is 16.1 Å². The lowest BCUT2D eigenvalue weighted by Gasteiger charge is -2.26. The van der Waals surface area contributed by atoms with Gasteiger partial charge in [-0.1, -0.05) is 30.3 Å². The molecule has 0 radical (unpaired) electrons. The van der Waals surface area contributed by atoms with Crippen LogP contribution in [0.25, 0.3) is 0 Å². The van der Waals surface area contributed by atoms with Crippen LogP contribution in [-0.4, -0.2) is 38.5 Å². The minimum atomic E-state index is -0.353. The van der Waals surface area contributed by atoms with Gasteiger partial charge in [0.2, 0.25) is 5.91 Å². The third kappa shape index (κ3) is 5.93. The van der Waals surface area contributed by atoms with E-state index in [1.165, 1.54) is 7.11 Å². The molecule has 0 fully saturated rings. The average molecular weight is 508 g/mol. The van der Waals surface area contributed by atoms with Crippen molar-refractivity contribution < 1.29 is 14.3 Å². The fourth-order valence-electron chi connectivity index (χ4n) is 3.19. The number of hydrogen-bond donors (Lipinski definition) is 3. The van der Waals surface area contributed by atoms with Crippen molar-refractivity contribution in [2.75, 3.05) is 26.0 Å². The Morgan fingerprint density at radius 2 is 1.90 bits per heavy atom. The lowest BCUT2D eigenvalue weighted by molar-refractivity contribution is -0.116. The number of ether oxygens (including phenoxy) is 1. The third-order valence-corrected chi connectivity index (χ3v) is 4.68. The summed E-state index contributed by atoms with van der Waals surface area (Å²) in [6.45, 7) is 1.16. The van der Waals surface area contributed by atoms with Gasteiger partial charge < -0.3 is 20.7 Å². The van der Waals surface area contributed by atoms with Crippen molar-refractivity contribution in [3.05, 3.63) is 65.2 Å². The van der Waals surface area contributed by atoms with Crippen molar-refractivity contribution in [3.8, 4) is 0 Å². The molecule has 8 heteroatoms. The summed E-state index contributed by atoms with van der Waals surface area (Å²) < 4.78 is 4.70. The Labute approximate surface area is 187 Å². The zero-order chi connectivity index (χ0) is 19.9. The molecule has 0 saturated heterocycles. The van der Waals surface area contributed by atoms with Crippen LogP contribution in [0.15, 0.2) is 53.5 Å². The Kier molecular flexibility index (Phi) is 8.44. The fourth-order valence-corrected chi connectivity index (χ4v) is 3.19. The molecule has 7 nitrogen and oxygen atoms in total. The fraction of sp³-hybridized carbons (Fsp3) is 0.286. The van der Waals surface area contributed by atoms with Gasteiger partial charge in [-0.05, 0) is 29.3 Å². The number of methoxy groups -OCH3 is 1. The smallest absolute Gasteiger partial charge is 0.337 e. The molecule has 154 valence electrons. The number of anilines is 1. The number of guanidine groups is 1. The SMILES string of the molecule is CN=C(NCc1ccc(C(=O)OC)cc1)NCC1CC(=O)Nc2ccccc21.I. The molecule has 1 aliphatic heterocycles. The second-order valence-electron chi connectivity index (χ2n) is 6.53. The lowest BCUT2D eigenvalue weighted by atomic mass is 9.90. The van der Waals surface area contributed by atoms with Crippen LogP contribution < -0.4 is 16.0 Å². The van der Waals surface area contributed by atoms with Gasteiger partial charge in [-0.2, -0.15) is 0 Å². The number of esters is 1. The molecule has 0 saturated carbocycles. The third-order valence-electron chi connectivity index (χ3n) is 4.68. The van der Waals surface area contributed by atoms with Gasteiger partial charge in [0.15, 0.2) is 5.96 Å². The normalized spacial score (nSPS) is 15.4.